The number of hydrogen-bond donors (Lipinski definition) is 2. The molecule has 96 valence electrons. The summed E-state index contributed by atoms with van der Waals surface area (Å²) < 4.78 is 0. The molecule has 17 heavy (non-hydrogen) atoms. The number of nitrogens with zero attached hydrogens (tertiary/aromatic N) is 2. The van der Waals surface area contributed by atoms with Crippen molar-refractivity contribution < 1.29 is 24.6 Å². The van der Waals surface area contributed by atoms with Crippen molar-refractivity contribution >= 4 is 18.0 Å². The summed E-state index contributed by atoms with van der Waals surface area (Å²) in [5.74, 6) is -2.51. The van der Waals surface area contributed by atoms with Gasteiger partial charge < -0.3 is 20.0 Å². The monoisotopic (exact) mass is 244 g/mol. The quantitative estimate of drug-likeness (QED) is 0.618. The van der Waals surface area contributed by atoms with E-state index in [9.17, 15) is 14.4 Å². The highest BCUT2D eigenvalue weighted by atomic mass is 16.4. The molecule has 2 amide bonds. The van der Waals surface area contributed by atoms with Crippen LogP contribution < -0.4 is 0 Å². The number of likely N-dealkylation sites (N-methyl/N-ethyl adjacent to an activating group) is 1. The fourth-order valence-electron chi connectivity index (χ4n) is 1.22. The van der Waals surface area contributed by atoms with E-state index in [1.165, 1.54) is 11.0 Å². The topological polar surface area (TPSA) is 98.2 Å². The minimum atomic E-state index is -1.26. The van der Waals surface area contributed by atoms with Gasteiger partial charge in [-0.3, -0.25) is 9.59 Å². The molecule has 0 aliphatic rings. The van der Waals surface area contributed by atoms with Crippen molar-refractivity contribution in [1.82, 2.24) is 9.80 Å². The molecular weight excluding hydrogens is 228 g/mol. The van der Waals surface area contributed by atoms with Gasteiger partial charge in [-0.1, -0.05) is 6.08 Å². The molecule has 0 unspecified atom stereocenters. The van der Waals surface area contributed by atoms with E-state index < -0.39 is 31.1 Å². The van der Waals surface area contributed by atoms with Crippen molar-refractivity contribution in [2.45, 2.75) is 6.92 Å². The van der Waals surface area contributed by atoms with Crippen molar-refractivity contribution in [3.05, 3.63) is 12.7 Å². The predicted molar refractivity (Wildman–Crippen MR) is 59.7 cm³/mol. The van der Waals surface area contributed by atoms with Gasteiger partial charge in [0.1, 0.15) is 13.1 Å². The normalized spacial score (nSPS) is 9.47. The van der Waals surface area contributed by atoms with Gasteiger partial charge in [-0.15, -0.1) is 6.58 Å². The van der Waals surface area contributed by atoms with E-state index in [-0.39, 0.29) is 6.54 Å². The van der Waals surface area contributed by atoms with E-state index in [1.54, 1.807) is 6.92 Å². The molecule has 0 bridgehead atoms. The summed E-state index contributed by atoms with van der Waals surface area (Å²) in [5, 5.41) is 17.2. The molecule has 0 aromatic carbocycles. The Morgan fingerprint density at radius 1 is 1.12 bits per heavy atom. The first-order chi connectivity index (χ1) is 7.92. The second kappa shape index (κ2) is 7.26. The largest absolute Gasteiger partial charge is 0.480 e. The van der Waals surface area contributed by atoms with Crippen LogP contribution in [0.4, 0.5) is 4.79 Å². The van der Waals surface area contributed by atoms with Gasteiger partial charge in [0.25, 0.3) is 0 Å². The molecular formula is C10H16N2O5. The molecule has 2 N–H and O–H groups in total. The van der Waals surface area contributed by atoms with E-state index in [1.807, 2.05) is 0 Å². The molecule has 0 radical (unpaired) electrons. The molecule has 0 rings (SSSR count). The van der Waals surface area contributed by atoms with Crippen molar-refractivity contribution in [2.75, 3.05) is 26.2 Å². The molecule has 0 atom stereocenters. The van der Waals surface area contributed by atoms with Gasteiger partial charge in [-0.2, -0.15) is 0 Å². The van der Waals surface area contributed by atoms with E-state index in [4.69, 9.17) is 10.2 Å². The number of amides is 2. The summed E-state index contributed by atoms with van der Waals surface area (Å²) in [6.45, 7) is 4.49. The van der Waals surface area contributed by atoms with Gasteiger partial charge in [-0.05, 0) is 6.92 Å². The second-order valence-corrected chi connectivity index (χ2v) is 3.25. The molecule has 0 saturated heterocycles. The second-order valence-electron chi connectivity index (χ2n) is 3.25. The van der Waals surface area contributed by atoms with Crippen LogP contribution >= 0.6 is 0 Å². The van der Waals surface area contributed by atoms with Crippen LogP contribution in [-0.2, 0) is 9.59 Å². The van der Waals surface area contributed by atoms with Gasteiger partial charge in [0, 0.05) is 13.1 Å². The Morgan fingerprint density at radius 2 is 1.59 bits per heavy atom. The highest BCUT2D eigenvalue weighted by Crippen LogP contribution is 1.99. The molecule has 0 aliphatic carbocycles. The maximum Gasteiger partial charge on any atom is 0.323 e. The maximum absolute atomic E-state index is 11.8. The van der Waals surface area contributed by atoms with Crippen LogP contribution in [0.15, 0.2) is 12.7 Å². The fraction of sp³-hybridized carbons (Fsp3) is 0.500. The van der Waals surface area contributed by atoms with Crippen LogP contribution in [0, 0.1) is 0 Å². The van der Waals surface area contributed by atoms with Crippen molar-refractivity contribution in [2.24, 2.45) is 0 Å². The first-order valence-corrected chi connectivity index (χ1v) is 5.00. The molecule has 7 nitrogen and oxygen atoms in total. The summed E-state index contributed by atoms with van der Waals surface area (Å²) in [6, 6.07) is -0.628. The average molecular weight is 244 g/mol. The van der Waals surface area contributed by atoms with Gasteiger partial charge in [0.15, 0.2) is 0 Å². The van der Waals surface area contributed by atoms with E-state index in [0.29, 0.717) is 6.54 Å². The third-order valence-electron chi connectivity index (χ3n) is 1.92. The minimum Gasteiger partial charge on any atom is -0.480 e. The zero-order valence-electron chi connectivity index (χ0n) is 9.63. The van der Waals surface area contributed by atoms with Crippen LogP contribution in [-0.4, -0.2) is 64.2 Å². The zero-order valence-corrected chi connectivity index (χ0v) is 9.63. The Morgan fingerprint density at radius 3 is 1.88 bits per heavy atom. The third kappa shape index (κ3) is 5.55. The maximum atomic E-state index is 11.8. The lowest BCUT2D eigenvalue weighted by atomic mass is 10.4. The molecule has 7 heteroatoms. The summed E-state index contributed by atoms with van der Waals surface area (Å²) in [7, 11) is 0. The number of aliphatic carboxylic acids is 2. The summed E-state index contributed by atoms with van der Waals surface area (Å²) in [5.41, 5.74) is 0. The lowest BCUT2D eigenvalue weighted by Gasteiger charge is -2.26. The molecule has 0 saturated carbocycles. The van der Waals surface area contributed by atoms with Gasteiger partial charge in [0.05, 0.1) is 0 Å². The number of urea groups is 1. The SMILES string of the molecule is C=CCN(CC)C(=O)N(CC(=O)O)CC(=O)O. The number of carbonyl (C=O) groups excluding carboxylic acids is 1. The number of carbonyl (C=O) groups is 3. The van der Waals surface area contributed by atoms with Crippen molar-refractivity contribution in [3.8, 4) is 0 Å². The first-order valence-electron chi connectivity index (χ1n) is 5.00. The van der Waals surface area contributed by atoms with Gasteiger partial charge in [0.2, 0.25) is 0 Å². The first kappa shape index (κ1) is 14.9. The summed E-state index contributed by atoms with van der Waals surface area (Å²) >= 11 is 0. The molecule has 0 aliphatic heterocycles. The number of rotatable bonds is 7. The highest BCUT2D eigenvalue weighted by Gasteiger charge is 2.23. The molecule has 0 aromatic rings. The number of carboxylic acid groups (broad SMARTS) is 2. The smallest absolute Gasteiger partial charge is 0.323 e. The lowest BCUT2D eigenvalue weighted by molar-refractivity contribution is -0.140. The highest BCUT2D eigenvalue weighted by molar-refractivity contribution is 5.84. The van der Waals surface area contributed by atoms with Crippen molar-refractivity contribution in [1.29, 1.82) is 0 Å². The van der Waals surface area contributed by atoms with Crippen LogP contribution in [0.1, 0.15) is 6.92 Å². The Bertz CT molecular complexity index is 300. The summed E-state index contributed by atoms with van der Waals surface area (Å²) in [6.07, 6.45) is 1.49. The van der Waals surface area contributed by atoms with E-state index in [0.717, 1.165) is 4.90 Å². The van der Waals surface area contributed by atoms with E-state index >= 15 is 0 Å². The Balaban J connectivity index is 4.75. The third-order valence-corrected chi connectivity index (χ3v) is 1.92. The fourth-order valence-corrected chi connectivity index (χ4v) is 1.22. The van der Waals surface area contributed by atoms with Crippen molar-refractivity contribution in [3.63, 3.8) is 0 Å². The Kier molecular flexibility index (Phi) is 6.39. The number of hydrogen-bond acceptors (Lipinski definition) is 3. The number of carboxylic acids is 2. The molecule has 0 spiro atoms. The minimum absolute atomic E-state index is 0.241. The van der Waals surface area contributed by atoms with Crippen LogP contribution in [0.2, 0.25) is 0 Å². The Hall–Kier alpha value is -2.05. The molecule has 0 heterocycles. The molecule has 0 aromatic heterocycles. The summed E-state index contributed by atoms with van der Waals surface area (Å²) in [4.78, 5) is 35.0. The van der Waals surface area contributed by atoms with Crippen LogP contribution in [0.5, 0.6) is 0 Å². The lowest BCUT2D eigenvalue weighted by Crippen LogP contribution is -2.47. The predicted octanol–water partition coefficient (Wildman–Crippen LogP) is 0.0855. The van der Waals surface area contributed by atoms with Gasteiger partial charge in [-0.25, -0.2) is 4.79 Å². The average Bonchev–Trinajstić information content (AvgIpc) is 2.22. The van der Waals surface area contributed by atoms with Crippen LogP contribution in [0.3, 0.4) is 0 Å². The van der Waals surface area contributed by atoms with E-state index in [2.05, 4.69) is 6.58 Å². The van der Waals surface area contributed by atoms with Gasteiger partial charge >= 0.3 is 18.0 Å². The van der Waals surface area contributed by atoms with Crippen LogP contribution in [0.25, 0.3) is 0 Å². The standard InChI is InChI=1S/C10H16N2O5/c1-3-5-11(4-2)10(17)12(6-8(13)14)7-9(15)16/h3H,1,4-7H2,2H3,(H,13,14)(H,15,16). The zero-order chi connectivity index (χ0) is 13.4. The Labute approximate surface area is 98.9 Å². The molecule has 0 fully saturated rings.